The largest absolute Gasteiger partial charge is 0.304 e. The number of carbonyl (C=O) groups excluding carboxylic acids is 1. The first-order chi connectivity index (χ1) is 12.5. The molecule has 0 saturated carbocycles. The Hall–Kier alpha value is -1.45. The first kappa shape index (κ1) is 20.9. The summed E-state index contributed by atoms with van der Waals surface area (Å²) in [5, 5.41) is 3.46. The normalized spacial score (nSPS) is 17.4. The van der Waals surface area contributed by atoms with Gasteiger partial charge in [-0.3, -0.25) is 0 Å². The van der Waals surface area contributed by atoms with E-state index < -0.39 is 0 Å². The Morgan fingerprint density at radius 1 is 1.27 bits per heavy atom. The zero-order chi connectivity index (χ0) is 19.1. The lowest BCUT2D eigenvalue weighted by molar-refractivity contribution is -0.109. The van der Waals surface area contributed by atoms with Crippen LogP contribution in [0.2, 0.25) is 0 Å². The van der Waals surface area contributed by atoms with Crippen LogP contribution in [0.15, 0.2) is 24.8 Å². The van der Waals surface area contributed by atoms with E-state index in [1.54, 1.807) is 0 Å². The molecule has 0 amide bonds. The van der Waals surface area contributed by atoms with E-state index in [4.69, 9.17) is 0 Å². The highest BCUT2D eigenvalue weighted by Crippen LogP contribution is 2.33. The molecule has 1 N–H and O–H groups in total. The average Bonchev–Trinajstić information content (AvgIpc) is 2.62. The van der Waals surface area contributed by atoms with Crippen molar-refractivity contribution < 1.29 is 4.79 Å². The molecule has 0 aliphatic carbocycles. The molecule has 1 fully saturated rings. The number of carbonyl (C=O) groups is 1. The minimum absolute atomic E-state index is 0.0932. The van der Waals surface area contributed by atoms with Crippen molar-refractivity contribution in [1.29, 1.82) is 0 Å². The topological polar surface area (TPSA) is 32.3 Å². The van der Waals surface area contributed by atoms with Gasteiger partial charge in [0.05, 0.1) is 6.04 Å². The van der Waals surface area contributed by atoms with Crippen LogP contribution < -0.4 is 5.32 Å². The molecule has 144 valence electrons. The number of piperidine rings is 1. The minimum atomic E-state index is -0.0932. The maximum Gasteiger partial charge on any atom is 0.136 e. The van der Waals surface area contributed by atoms with E-state index in [0.29, 0.717) is 12.0 Å². The van der Waals surface area contributed by atoms with Crippen LogP contribution in [0.25, 0.3) is 0 Å². The van der Waals surface area contributed by atoms with Crippen LogP contribution in [-0.2, 0) is 11.3 Å². The van der Waals surface area contributed by atoms with Crippen LogP contribution >= 0.6 is 0 Å². The van der Waals surface area contributed by atoms with Crippen LogP contribution in [-0.4, -0.2) is 36.4 Å². The van der Waals surface area contributed by atoms with E-state index in [2.05, 4.69) is 56.6 Å². The Morgan fingerprint density at radius 3 is 2.54 bits per heavy atom. The van der Waals surface area contributed by atoms with Crippen molar-refractivity contribution in [2.75, 3.05) is 13.1 Å². The Kier molecular flexibility index (Phi) is 8.05. The highest BCUT2D eigenvalue weighted by atomic mass is 16.1. The molecular weight excluding hydrogens is 320 g/mol. The van der Waals surface area contributed by atoms with E-state index in [9.17, 15) is 4.79 Å². The lowest BCUT2D eigenvalue weighted by Crippen LogP contribution is -2.38. The molecular formula is C23H36N2O. The molecule has 1 aromatic rings. The second-order valence-corrected chi connectivity index (χ2v) is 8.04. The van der Waals surface area contributed by atoms with Crippen molar-refractivity contribution in [2.24, 2.45) is 0 Å². The van der Waals surface area contributed by atoms with Crippen LogP contribution in [0.3, 0.4) is 0 Å². The highest BCUT2D eigenvalue weighted by Gasteiger charge is 2.24. The Balaban J connectivity index is 2.13. The van der Waals surface area contributed by atoms with Crippen molar-refractivity contribution in [2.45, 2.75) is 77.9 Å². The first-order valence-electron chi connectivity index (χ1n) is 10.1. The third kappa shape index (κ3) is 5.52. The third-order valence-corrected chi connectivity index (χ3v) is 5.74. The van der Waals surface area contributed by atoms with E-state index >= 15 is 0 Å². The number of benzene rings is 1. The van der Waals surface area contributed by atoms with Crippen LogP contribution in [0.5, 0.6) is 0 Å². The lowest BCUT2D eigenvalue weighted by atomic mass is 9.83. The van der Waals surface area contributed by atoms with E-state index in [1.165, 1.54) is 48.2 Å². The van der Waals surface area contributed by atoms with Crippen LogP contribution in [0.4, 0.5) is 0 Å². The second-order valence-electron chi connectivity index (χ2n) is 8.04. The number of aryl methyl sites for hydroxylation is 2. The number of hydrogen-bond acceptors (Lipinski definition) is 3. The summed E-state index contributed by atoms with van der Waals surface area (Å²) in [4.78, 5) is 13.9. The smallest absolute Gasteiger partial charge is 0.136 e. The zero-order valence-electron chi connectivity index (χ0n) is 17.1. The standard InChI is InChI=1S/C23H36N2O/c1-6-7-8-21(16-26)24-15-23-19(5)13-18(4)14-22(23)20-9-11-25(12-10-20)17(2)3/h6,13-14,16-17,20-21,24H,1,7-12,15H2,2-5H3. The van der Waals surface area contributed by atoms with E-state index in [-0.39, 0.29) is 6.04 Å². The Morgan fingerprint density at radius 2 is 1.96 bits per heavy atom. The summed E-state index contributed by atoms with van der Waals surface area (Å²) in [5.41, 5.74) is 5.56. The van der Waals surface area contributed by atoms with Crippen molar-refractivity contribution >= 4 is 6.29 Å². The monoisotopic (exact) mass is 356 g/mol. The molecule has 1 unspecified atom stereocenters. The fraction of sp³-hybridized carbons (Fsp3) is 0.609. The van der Waals surface area contributed by atoms with Crippen molar-refractivity contribution in [3.63, 3.8) is 0 Å². The summed E-state index contributed by atoms with van der Waals surface area (Å²) in [6, 6.07) is 5.18. The van der Waals surface area contributed by atoms with Gasteiger partial charge < -0.3 is 15.0 Å². The number of rotatable bonds is 9. The van der Waals surface area contributed by atoms with Gasteiger partial charge in [-0.1, -0.05) is 23.8 Å². The molecule has 1 heterocycles. The van der Waals surface area contributed by atoms with Crippen molar-refractivity contribution in [3.8, 4) is 0 Å². The average molecular weight is 357 g/mol. The molecule has 1 aromatic carbocycles. The molecule has 26 heavy (non-hydrogen) atoms. The predicted molar refractivity (Wildman–Crippen MR) is 111 cm³/mol. The number of aldehydes is 1. The van der Waals surface area contributed by atoms with Gasteiger partial charge in [-0.25, -0.2) is 0 Å². The van der Waals surface area contributed by atoms with Crippen molar-refractivity contribution in [3.05, 3.63) is 47.0 Å². The van der Waals surface area contributed by atoms with Gasteiger partial charge in [-0.2, -0.15) is 0 Å². The Labute approximate surface area is 159 Å². The van der Waals surface area contributed by atoms with Gasteiger partial charge in [0.25, 0.3) is 0 Å². The quantitative estimate of drug-likeness (QED) is 0.522. The summed E-state index contributed by atoms with van der Waals surface area (Å²) < 4.78 is 0. The number of hydrogen-bond donors (Lipinski definition) is 1. The number of likely N-dealkylation sites (tertiary alicyclic amines) is 1. The third-order valence-electron chi connectivity index (χ3n) is 5.74. The molecule has 0 spiro atoms. The van der Waals surface area contributed by atoms with Crippen molar-refractivity contribution in [1.82, 2.24) is 10.2 Å². The molecule has 0 aromatic heterocycles. The number of nitrogens with zero attached hydrogens (tertiary/aromatic N) is 1. The van der Waals surface area contributed by atoms with Gasteiger partial charge >= 0.3 is 0 Å². The fourth-order valence-electron chi connectivity index (χ4n) is 4.11. The summed E-state index contributed by atoms with van der Waals surface area (Å²) in [5.74, 6) is 0.628. The molecule has 3 heteroatoms. The molecule has 2 rings (SSSR count). The maximum absolute atomic E-state index is 11.4. The summed E-state index contributed by atoms with van der Waals surface area (Å²) in [6.45, 7) is 15.9. The molecule has 0 bridgehead atoms. The SMILES string of the molecule is C=CCCC(C=O)NCc1c(C)cc(C)cc1C1CCN(C(C)C)CC1. The van der Waals surface area contributed by atoms with Gasteiger partial charge in [-0.15, -0.1) is 6.58 Å². The Bertz CT molecular complexity index is 600. The zero-order valence-corrected chi connectivity index (χ0v) is 17.1. The van der Waals surface area contributed by atoms with Gasteiger partial charge in [0.15, 0.2) is 0 Å². The highest BCUT2D eigenvalue weighted by molar-refractivity contribution is 5.57. The molecule has 1 atom stereocenters. The summed E-state index contributed by atoms with van der Waals surface area (Å²) in [7, 11) is 0. The molecule has 0 radical (unpaired) electrons. The molecule has 3 nitrogen and oxygen atoms in total. The van der Waals surface area contributed by atoms with Gasteiger partial charge in [0, 0.05) is 12.6 Å². The van der Waals surface area contributed by atoms with Gasteiger partial charge in [0.2, 0.25) is 0 Å². The van der Waals surface area contributed by atoms with Crippen LogP contribution in [0, 0.1) is 13.8 Å². The molecule has 1 aliphatic rings. The molecule has 1 saturated heterocycles. The number of nitrogens with one attached hydrogen (secondary N) is 1. The first-order valence-corrected chi connectivity index (χ1v) is 10.1. The lowest BCUT2D eigenvalue weighted by Gasteiger charge is -2.36. The molecule has 1 aliphatic heterocycles. The van der Waals surface area contributed by atoms with Gasteiger partial charge in [-0.05, 0) is 89.1 Å². The maximum atomic E-state index is 11.4. The number of allylic oxidation sites excluding steroid dienone is 1. The predicted octanol–water partition coefficient (Wildman–Crippen LogP) is 4.51. The fourth-order valence-corrected chi connectivity index (χ4v) is 4.11. The van der Waals surface area contributed by atoms with E-state index in [1.807, 2.05) is 6.08 Å². The van der Waals surface area contributed by atoms with Crippen LogP contribution in [0.1, 0.15) is 67.7 Å². The minimum Gasteiger partial charge on any atom is -0.304 e. The summed E-state index contributed by atoms with van der Waals surface area (Å²) >= 11 is 0. The second kappa shape index (κ2) is 10.0. The van der Waals surface area contributed by atoms with E-state index in [0.717, 1.165) is 25.7 Å². The summed E-state index contributed by atoms with van der Waals surface area (Å²) in [6.07, 6.45) is 7.05. The van der Waals surface area contributed by atoms with Gasteiger partial charge in [0.1, 0.15) is 6.29 Å².